The van der Waals surface area contributed by atoms with E-state index in [9.17, 15) is 24.5 Å². The number of nitrogens with zero attached hydrogens (tertiary/aromatic N) is 2. The molecule has 36 heavy (non-hydrogen) atoms. The smallest absolute Gasteiger partial charge is 0.870 e. The molecular formula is C21H33LiN6O8. The Hall–Kier alpha value is -3.34. The van der Waals surface area contributed by atoms with Crippen molar-refractivity contribution >= 4 is 23.9 Å². The van der Waals surface area contributed by atoms with Crippen LogP contribution in [0.4, 0.5) is 4.79 Å². The van der Waals surface area contributed by atoms with Crippen LogP contribution in [-0.4, -0.2) is 65.8 Å². The van der Waals surface area contributed by atoms with Crippen LogP contribution in [0.2, 0.25) is 0 Å². The van der Waals surface area contributed by atoms with Gasteiger partial charge in [0.05, 0.1) is 7.11 Å². The Morgan fingerprint density at radius 1 is 1.14 bits per heavy atom. The SMILES string of the molecule is COC(=O)[C@H](CCCN/C(N)=N/[N+](=O)[O-])NC(=O)[C@@H](Cc1ccccc1)NC(=O)OC(C)(C)C.[Li+].[OH-]. The van der Waals surface area contributed by atoms with E-state index in [4.69, 9.17) is 15.2 Å². The van der Waals surface area contributed by atoms with Crippen molar-refractivity contribution < 1.29 is 53.2 Å². The summed E-state index contributed by atoms with van der Waals surface area (Å²) in [6.45, 7) is 5.26. The third-order valence-electron chi connectivity index (χ3n) is 4.26. The number of ether oxygens (including phenoxy) is 2. The number of esters is 1. The third kappa shape index (κ3) is 14.8. The molecule has 0 fully saturated rings. The van der Waals surface area contributed by atoms with Gasteiger partial charge in [-0.2, -0.15) is 0 Å². The number of amides is 2. The maximum atomic E-state index is 13.0. The number of nitrogens with two attached hydrogens (primary N) is 1. The Morgan fingerprint density at radius 3 is 2.28 bits per heavy atom. The Morgan fingerprint density at radius 2 is 1.75 bits per heavy atom. The molecule has 2 amide bonds. The van der Waals surface area contributed by atoms with Gasteiger partial charge in [-0.15, -0.1) is 0 Å². The second-order valence-electron chi connectivity index (χ2n) is 8.26. The van der Waals surface area contributed by atoms with Gasteiger partial charge in [0.2, 0.25) is 5.91 Å². The van der Waals surface area contributed by atoms with Gasteiger partial charge >= 0.3 is 30.9 Å². The molecule has 0 aliphatic heterocycles. The van der Waals surface area contributed by atoms with Crippen molar-refractivity contribution in [2.75, 3.05) is 13.7 Å². The van der Waals surface area contributed by atoms with Crippen LogP contribution in [0.5, 0.6) is 0 Å². The van der Waals surface area contributed by atoms with Crippen molar-refractivity contribution in [3.63, 3.8) is 0 Å². The Labute approximate surface area is 221 Å². The van der Waals surface area contributed by atoms with Crippen molar-refractivity contribution in [2.24, 2.45) is 10.8 Å². The molecule has 0 aliphatic carbocycles. The van der Waals surface area contributed by atoms with Gasteiger partial charge in [-0.1, -0.05) is 30.3 Å². The van der Waals surface area contributed by atoms with Crippen molar-refractivity contribution in [3.05, 3.63) is 46.0 Å². The number of benzene rings is 1. The molecule has 2 atom stereocenters. The maximum absolute atomic E-state index is 13.0. The topological polar surface area (TPSA) is 217 Å². The number of hydrazone groups is 1. The fraction of sp³-hybridized carbons (Fsp3) is 0.524. The number of carbonyl (C=O) groups is 3. The van der Waals surface area contributed by atoms with E-state index in [0.29, 0.717) is 6.42 Å². The zero-order valence-corrected chi connectivity index (χ0v) is 21.1. The molecule has 6 N–H and O–H groups in total. The summed E-state index contributed by atoms with van der Waals surface area (Å²) in [6, 6.07) is 6.99. The summed E-state index contributed by atoms with van der Waals surface area (Å²) in [7, 11) is 1.18. The molecule has 0 spiro atoms. The van der Waals surface area contributed by atoms with E-state index in [2.05, 4.69) is 21.1 Å². The number of nitro groups is 1. The predicted octanol–water partition coefficient (Wildman–Crippen LogP) is -2.52. The van der Waals surface area contributed by atoms with E-state index >= 15 is 0 Å². The van der Waals surface area contributed by atoms with E-state index in [1.165, 1.54) is 7.11 Å². The van der Waals surface area contributed by atoms with Crippen molar-refractivity contribution in [1.82, 2.24) is 16.0 Å². The van der Waals surface area contributed by atoms with Gasteiger partial charge in [-0.25, -0.2) is 19.7 Å². The number of guanidine groups is 1. The first-order chi connectivity index (χ1) is 15.9. The Balaban J connectivity index is 0. The summed E-state index contributed by atoms with van der Waals surface area (Å²) >= 11 is 0. The molecule has 0 saturated heterocycles. The van der Waals surface area contributed by atoms with Crippen LogP contribution in [0.25, 0.3) is 0 Å². The van der Waals surface area contributed by atoms with Gasteiger partial charge in [0.25, 0.3) is 5.96 Å². The minimum atomic E-state index is -1.02. The largest absolute Gasteiger partial charge is 1.00 e. The van der Waals surface area contributed by atoms with Crippen LogP contribution in [-0.2, 0) is 25.5 Å². The van der Waals surface area contributed by atoms with Crippen LogP contribution in [0, 0.1) is 10.1 Å². The average Bonchev–Trinajstić information content (AvgIpc) is 2.73. The quantitative estimate of drug-likeness (QED) is 0.0471. The van der Waals surface area contributed by atoms with E-state index in [0.717, 1.165) is 5.56 Å². The summed E-state index contributed by atoms with van der Waals surface area (Å²) in [5.74, 6) is -1.67. The number of carbonyl (C=O) groups excluding carboxylic acids is 3. The van der Waals surface area contributed by atoms with E-state index in [1.54, 1.807) is 45.0 Å². The molecule has 0 unspecified atom stereocenters. The van der Waals surface area contributed by atoms with E-state index in [1.807, 2.05) is 6.07 Å². The van der Waals surface area contributed by atoms with E-state index < -0.39 is 40.7 Å². The second-order valence-corrected chi connectivity index (χ2v) is 8.26. The molecular weight excluding hydrogens is 471 g/mol. The fourth-order valence-corrected chi connectivity index (χ4v) is 2.82. The number of rotatable bonds is 11. The number of nitrogens with one attached hydrogen (secondary N) is 3. The zero-order chi connectivity index (χ0) is 25.7. The summed E-state index contributed by atoms with van der Waals surface area (Å²) in [4.78, 5) is 47.8. The minimum Gasteiger partial charge on any atom is -0.870 e. The number of hydrogen-bond acceptors (Lipinski definition) is 8. The Bertz CT molecular complexity index is 879. The summed E-state index contributed by atoms with van der Waals surface area (Å²) < 4.78 is 10.0. The summed E-state index contributed by atoms with van der Waals surface area (Å²) in [5, 5.41) is 19.9. The fourth-order valence-electron chi connectivity index (χ4n) is 2.82. The van der Waals surface area contributed by atoms with Gasteiger partial charge < -0.3 is 36.6 Å². The molecule has 1 aromatic carbocycles. The summed E-state index contributed by atoms with van der Waals surface area (Å²) in [6.07, 6.45) is -0.170. The molecule has 15 heteroatoms. The van der Waals surface area contributed by atoms with Gasteiger partial charge in [0.15, 0.2) is 5.03 Å². The second kappa shape index (κ2) is 17.1. The van der Waals surface area contributed by atoms with Crippen molar-refractivity contribution in [2.45, 2.75) is 57.7 Å². The molecule has 0 radical (unpaired) electrons. The van der Waals surface area contributed by atoms with Gasteiger partial charge in [-0.05, 0) is 39.2 Å². The first-order valence-electron chi connectivity index (χ1n) is 10.5. The first-order valence-corrected chi connectivity index (χ1v) is 10.5. The van der Waals surface area contributed by atoms with Crippen LogP contribution in [0.15, 0.2) is 35.4 Å². The first kappa shape index (κ1) is 34.8. The average molecular weight is 504 g/mol. The molecule has 0 bridgehead atoms. The molecule has 196 valence electrons. The summed E-state index contributed by atoms with van der Waals surface area (Å²) in [5.41, 5.74) is 5.37. The molecule has 14 nitrogen and oxygen atoms in total. The molecule has 1 rings (SSSR count). The van der Waals surface area contributed by atoms with Crippen molar-refractivity contribution in [3.8, 4) is 0 Å². The maximum Gasteiger partial charge on any atom is 1.00 e. The van der Waals surface area contributed by atoms with Crippen LogP contribution >= 0.6 is 0 Å². The third-order valence-corrected chi connectivity index (χ3v) is 4.26. The van der Waals surface area contributed by atoms with Gasteiger partial charge in [-0.3, -0.25) is 4.79 Å². The van der Waals surface area contributed by atoms with Crippen LogP contribution in [0.1, 0.15) is 39.2 Å². The van der Waals surface area contributed by atoms with E-state index in [-0.39, 0.29) is 49.7 Å². The van der Waals surface area contributed by atoms with Gasteiger partial charge in [0, 0.05) is 13.0 Å². The molecule has 1 aromatic rings. The van der Waals surface area contributed by atoms with Crippen LogP contribution in [0.3, 0.4) is 0 Å². The number of methoxy groups -OCH3 is 1. The van der Waals surface area contributed by atoms with Crippen molar-refractivity contribution in [1.29, 1.82) is 0 Å². The standard InChI is InChI=1S/C21H32N6O7.Li.H2O/c1-21(2,3)34-20(30)25-16(13-14-9-6-5-7-10-14)17(28)24-15(18(29)33-4)11-8-12-23-19(22)26-27(31)32;;/h5-7,9-10,15-16H,8,11-13H2,1-4H3,(H,24,28)(H,25,30)(H3,22,23,26);;1H2/q;+1;/p-1/t15-,16+;;/m0../s1. The Kier molecular flexibility index (Phi) is 16.6. The normalized spacial score (nSPS) is 12.5. The molecule has 0 aromatic heterocycles. The van der Waals surface area contributed by atoms with Gasteiger partial charge in [0.1, 0.15) is 22.8 Å². The molecule has 0 heterocycles. The number of hydrogen-bond donors (Lipinski definition) is 4. The zero-order valence-electron chi connectivity index (χ0n) is 21.1. The molecule has 0 saturated carbocycles. The predicted molar refractivity (Wildman–Crippen MR) is 125 cm³/mol. The molecule has 0 aliphatic rings. The number of alkyl carbamates (subject to hydrolysis) is 1. The van der Waals surface area contributed by atoms with Crippen LogP contribution < -0.4 is 40.5 Å². The minimum absolute atomic E-state index is 0. The monoisotopic (exact) mass is 504 g/mol.